The second kappa shape index (κ2) is 14.7. The lowest BCUT2D eigenvalue weighted by Crippen LogP contribution is -1.82. The van der Waals surface area contributed by atoms with Crippen LogP contribution in [0.25, 0.3) is 49.9 Å². The molecule has 5 nitrogen and oxygen atoms in total. The highest BCUT2D eigenvalue weighted by Gasteiger charge is 2.05. The fourth-order valence-corrected chi connectivity index (χ4v) is 4.63. The van der Waals surface area contributed by atoms with Gasteiger partial charge in [-0.2, -0.15) is 0 Å². The van der Waals surface area contributed by atoms with Gasteiger partial charge in [-0.05, 0) is 76.0 Å². The second-order valence-electron chi connectivity index (χ2n) is 9.82. The molecule has 5 aromatic carbocycles. The van der Waals surface area contributed by atoms with Crippen molar-refractivity contribution in [3.8, 4) is 22.6 Å². The third-order valence-corrected chi connectivity index (χ3v) is 6.90. The zero-order chi connectivity index (χ0) is 30.6. The van der Waals surface area contributed by atoms with Gasteiger partial charge < -0.3 is 20.2 Å². The minimum absolute atomic E-state index is 0.111. The van der Waals surface area contributed by atoms with Gasteiger partial charge in [0.15, 0.2) is 11.5 Å². The average molecular weight is 576 g/mol. The number of phenols is 2. The van der Waals surface area contributed by atoms with Crippen molar-refractivity contribution in [2.45, 2.75) is 0 Å². The summed E-state index contributed by atoms with van der Waals surface area (Å²) in [6, 6.07) is 45.2. The van der Waals surface area contributed by atoms with Gasteiger partial charge in [-0.15, -0.1) is 0 Å². The topological polar surface area (TPSA) is 84.9 Å². The summed E-state index contributed by atoms with van der Waals surface area (Å²) < 4.78 is 0. The first-order chi connectivity index (χ1) is 21.6. The number of phenolic OH excluding ortho intramolecular Hbond substituents is 2. The number of fused-ring (bicyclic) bond motifs is 3. The van der Waals surface area contributed by atoms with Gasteiger partial charge in [0.05, 0.1) is 5.52 Å². The van der Waals surface area contributed by atoms with E-state index in [0.29, 0.717) is 0 Å². The number of aromatic amines is 2. The molecule has 0 aliphatic carbocycles. The molecule has 0 aliphatic heterocycles. The molecule has 0 unspecified atom stereocenters. The number of benzene rings is 5. The van der Waals surface area contributed by atoms with Gasteiger partial charge in [0.25, 0.3) is 0 Å². The molecule has 8 aromatic rings. The summed E-state index contributed by atoms with van der Waals surface area (Å²) in [6.07, 6.45) is 7.47. The molecule has 216 valence electrons. The van der Waals surface area contributed by atoms with E-state index in [1.54, 1.807) is 12.1 Å². The van der Waals surface area contributed by atoms with Crippen LogP contribution in [0.15, 0.2) is 165 Å². The van der Waals surface area contributed by atoms with Crippen LogP contribution in [0.5, 0.6) is 11.5 Å². The van der Waals surface area contributed by atoms with Gasteiger partial charge in [-0.1, -0.05) is 104 Å². The van der Waals surface area contributed by atoms with Crippen LogP contribution in [0, 0.1) is 0 Å². The number of rotatable bonds is 2. The first-order valence-electron chi connectivity index (χ1n) is 14.2. The molecule has 3 aromatic heterocycles. The number of pyridine rings is 1. The lowest BCUT2D eigenvalue weighted by Gasteiger charge is -2.07. The lowest BCUT2D eigenvalue weighted by molar-refractivity contribution is 0.404. The highest BCUT2D eigenvalue weighted by atomic mass is 16.3. The Balaban J connectivity index is 0.000000120. The van der Waals surface area contributed by atoms with Gasteiger partial charge in [-0.25, -0.2) is 0 Å². The summed E-state index contributed by atoms with van der Waals surface area (Å²) in [5.41, 5.74) is 6.30. The first-order valence-corrected chi connectivity index (χ1v) is 14.2. The smallest absolute Gasteiger partial charge is 0.158 e. The molecular weight excluding hydrogens is 542 g/mol. The number of nitrogens with zero attached hydrogens (tertiary/aromatic N) is 1. The van der Waals surface area contributed by atoms with E-state index in [9.17, 15) is 10.2 Å². The van der Waals surface area contributed by atoms with Crippen molar-refractivity contribution in [3.63, 3.8) is 0 Å². The average Bonchev–Trinajstić information content (AvgIpc) is 3.77. The Kier molecular flexibility index (Phi) is 9.84. The molecule has 0 spiro atoms. The summed E-state index contributed by atoms with van der Waals surface area (Å²) in [7, 11) is 0. The maximum Gasteiger partial charge on any atom is 0.158 e. The van der Waals surface area contributed by atoms with Crippen molar-refractivity contribution in [2.75, 3.05) is 0 Å². The van der Waals surface area contributed by atoms with Gasteiger partial charge in [0, 0.05) is 35.0 Å². The molecule has 4 N–H and O–H groups in total. The summed E-state index contributed by atoms with van der Waals surface area (Å²) >= 11 is 0. The minimum atomic E-state index is -0.114. The van der Waals surface area contributed by atoms with E-state index in [2.05, 4.69) is 70.1 Å². The molecule has 0 saturated heterocycles. The molecule has 5 heteroatoms. The molecule has 0 atom stereocenters. The van der Waals surface area contributed by atoms with Crippen molar-refractivity contribution in [2.24, 2.45) is 0 Å². The van der Waals surface area contributed by atoms with Crippen LogP contribution in [0.1, 0.15) is 5.56 Å². The van der Waals surface area contributed by atoms with Crippen LogP contribution in [0.2, 0.25) is 0 Å². The van der Waals surface area contributed by atoms with Gasteiger partial charge in [0.2, 0.25) is 0 Å². The highest BCUT2D eigenvalue weighted by molar-refractivity contribution is 5.80. The lowest BCUT2D eigenvalue weighted by atomic mass is 9.99. The van der Waals surface area contributed by atoms with Crippen molar-refractivity contribution < 1.29 is 10.2 Å². The molecule has 0 aliphatic rings. The van der Waals surface area contributed by atoms with E-state index in [1.807, 2.05) is 91.4 Å². The molecule has 0 radical (unpaired) electrons. The number of aromatic hydroxyl groups is 2. The SMILES string of the molecule is C=Cc1ccccc1-c1ccc(O)c(O)c1.c1ccc2[nH]ccc2c1.c1ccc2[nH]ccc2c1.c1ccc2ncccc2c1. The second-order valence-corrected chi connectivity index (χ2v) is 9.82. The molecule has 8 rings (SSSR count). The number of H-pyrrole nitrogens is 2. The van der Waals surface area contributed by atoms with Crippen LogP contribution in [-0.4, -0.2) is 25.2 Å². The van der Waals surface area contributed by atoms with Crippen LogP contribution < -0.4 is 0 Å². The van der Waals surface area contributed by atoms with E-state index in [-0.39, 0.29) is 11.5 Å². The van der Waals surface area contributed by atoms with E-state index >= 15 is 0 Å². The van der Waals surface area contributed by atoms with Gasteiger partial charge >= 0.3 is 0 Å². The summed E-state index contributed by atoms with van der Waals surface area (Å²) in [4.78, 5) is 10.4. The van der Waals surface area contributed by atoms with E-state index < -0.39 is 0 Å². The normalized spacial score (nSPS) is 10.1. The molecule has 0 bridgehead atoms. The Morgan fingerprint density at radius 3 is 1.73 bits per heavy atom. The number of aromatic nitrogens is 3. The van der Waals surface area contributed by atoms with Gasteiger partial charge in [0.1, 0.15) is 0 Å². The van der Waals surface area contributed by atoms with Crippen molar-refractivity contribution in [1.29, 1.82) is 0 Å². The number of nitrogens with one attached hydrogen (secondary N) is 2. The predicted molar refractivity (Wildman–Crippen MR) is 184 cm³/mol. The van der Waals surface area contributed by atoms with Crippen molar-refractivity contribution >= 4 is 38.8 Å². The third-order valence-electron chi connectivity index (χ3n) is 6.90. The first kappa shape index (κ1) is 29.4. The van der Waals surface area contributed by atoms with Crippen molar-refractivity contribution in [1.82, 2.24) is 15.0 Å². The quantitative estimate of drug-likeness (QED) is 0.155. The van der Waals surface area contributed by atoms with Crippen LogP contribution in [0.3, 0.4) is 0 Å². The number of hydrogen-bond acceptors (Lipinski definition) is 3. The predicted octanol–water partition coefficient (Wildman–Crippen LogP) is 9.98. The minimum Gasteiger partial charge on any atom is -0.504 e. The summed E-state index contributed by atoms with van der Waals surface area (Å²) in [5.74, 6) is -0.226. The summed E-state index contributed by atoms with van der Waals surface area (Å²) in [5, 5.41) is 22.4. The van der Waals surface area contributed by atoms with Gasteiger partial charge in [-0.3, -0.25) is 4.98 Å². The van der Waals surface area contributed by atoms with Crippen LogP contribution >= 0.6 is 0 Å². The number of para-hydroxylation sites is 3. The molecular formula is C39H33N3O2. The van der Waals surface area contributed by atoms with Crippen molar-refractivity contribution in [3.05, 3.63) is 170 Å². The standard InChI is InChI=1S/C14H12O2.C9H7N.2C8H7N/c1-2-10-5-3-4-6-12(10)11-7-8-13(15)14(16)9-11;1-2-6-9-8(4-1)5-3-7-10-9;2*1-2-4-8-7(3-1)5-6-9-8/h2-9,15-16H,1H2;1-7H;2*1-6,9H. The Labute approximate surface area is 256 Å². The Hall–Kier alpha value is -6.07. The molecule has 44 heavy (non-hydrogen) atoms. The van der Waals surface area contributed by atoms with Crippen LogP contribution in [0.4, 0.5) is 0 Å². The fraction of sp³-hybridized carbons (Fsp3) is 0. The maximum atomic E-state index is 9.45. The third kappa shape index (κ3) is 7.60. The Morgan fingerprint density at radius 2 is 1.11 bits per heavy atom. The monoisotopic (exact) mass is 575 g/mol. The largest absolute Gasteiger partial charge is 0.504 e. The molecule has 0 saturated carbocycles. The zero-order valence-corrected chi connectivity index (χ0v) is 24.1. The fourth-order valence-electron chi connectivity index (χ4n) is 4.63. The van der Waals surface area contributed by atoms with E-state index in [0.717, 1.165) is 22.2 Å². The molecule has 0 fully saturated rings. The Bertz CT molecular complexity index is 1900. The highest BCUT2D eigenvalue weighted by Crippen LogP contribution is 2.32. The molecule has 0 amide bonds. The maximum absolute atomic E-state index is 9.45. The number of hydrogen-bond donors (Lipinski definition) is 4. The Morgan fingerprint density at radius 1 is 0.545 bits per heavy atom. The van der Waals surface area contributed by atoms with Crippen LogP contribution in [-0.2, 0) is 0 Å². The molecule has 3 heterocycles. The van der Waals surface area contributed by atoms with E-state index in [4.69, 9.17) is 0 Å². The zero-order valence-electron chi connectivity index (χ0n) is 24.1. The summed E-state index contributed by atoms with van der Waals surface area (Å²) in [6.45, 7) is 3.75. The van der Waals surface area contributed by atoms with E-state index in [1.165, 1.54) is 39.3 Å².